The molecular weight excluding hydrogens is 244 g/mol. The second-order valence-corrected chi connectivity index (χ2v) is 4.93. The largest absolute Gasteiger partial charge is 0.359 e. The van der Waals surface area contributed by atoms with Gasteiger partial charge in [0.15, 0.2) is 0 Å². The highest BCUT2D eigenvalue weighted by molar-refractivity contribution is 6.31. The van der Waals surface area contributed by atoms with Crippen LogP contribution in [0.3, 0.4) is 0 Å². The maximum atomic E-state index is 6.28. The summed E-state index contributed by atoms with van der Waals surface area (Å²) in [6, 6.07) is 16.6. The molecule has 1 unspecified atom stereocenters. The number of benzene rings is 2. The number of fused-ring (bicyclic) bond motifs is 1. The number of rotatable bonds is 2. The maximum absolute atomic E-state index is 6.28. The summed E-state index contributed by atoms with van der Waals surface area (Å²) < 4.78 is 0. The van der Waals surface area contributed by atoms with Crippen LogP contribution in [0, 0.1) is 0 Å². The first kappa shape index (κ1) is 11.6. The van der Waals surface area contributed by atoms with E-state index in [4.69, 9.17) is 17.3 Å². The Morgan fingerprint density at radius 2 is 1.89 bits per heavy atom. The number of hydrogen-bond acceptors (Lipinski definition) is 2. The molecule has 0 spiro atoms. The Bertz CT molecular complexity index is 554. The molecule has 18 heavy (non-hydrogen) atoms. The Morgan fingerprint density at radius 1 is 1.11 bits per heavy atom. The van der Waals surface area contributed by atoms with Gasteiger partial charge in [-0.1, -0.05) is 41.9 Å². The lowest BCUT2D eigenvalue weighted by molar-refractivity contribution is 0.679. The fraction of sp³-hybridized carbons (Fsp3) is 0.200. The lowest BCUT2D eigenvalue weighted by Gasteiger charge is -2.26. The average Bonchev–Trinajstić information content (AvgIpc) is 2.80. The highest BCUT2D eigenvalue weighted by Gasteiger charge is 2.30. The molecule has 2 aromatic rings. The monoisotopic (exact) mass is 258 g/mol. The molecule has 0 bridgehead atoms. The van der Waals surface area contributed by atoms with Crippen LogP contribution in [0.25, 0.3) is 0 Å². The van der Waals surface area contributed by atoms with Crippen molar-refractivity contribution in [3.05, 3.63) is 64.7 Å². The van der Waals surface area contributed by atoms with Crippen LogP contribution >= 0.6 is 11.6 Å². The molecule has 3 heteroatoms. The van der Waals surface area contributed by atoms with Crippen molar-refractivity contribution in [2.45, 2.75) is 12.6 Å². The Kier molecular flexibility index (Phi) is 2.98. The summed E-state index contributed by atoms with van der Waals surface area (Å²) in [6.45, 7) is 1.43. The Morgan fingerprint density at radius 3 is 2.61 bits per heavy atom. The van der Waals surface area contributed by atoms with Crippen molar-refractivity contribution in [1.29, 1.82) is 0 Å². The number of nitrogens with two attached hydrogens (primary N) is 1. The molecule has 1 aliphatic rings. The molecule has 1 atom stereocenters. The van der Waals surface area contributed by atoms with Crippen LogP contribution in [-0.4, -0.2) is 6.54 Å². The molecule has 0 saturated carbocycles. The van der Waals surface area contributed by atoms with E-state index < -0.39 is 0 Å². The van der Waals surface area contributed by atoms with Gasteiger partial charge in [-0.3, -0.25) is 0 Å². The molecule has 92 valence electrons. The van der Waals surface area contributed by atoms with E-state index in [9.17, 15) is 0 Å². The third-order valence-electron chi connectivity index (χ3n) is 3.53. The van der Waals surface area contributed by atoms with Crippen molar-refractivity contribution in [1.82, 2.24) is 0 Å². The van der Waals surface area contributed by atoms with Crippen LogP contribution in [-0.2, 0) is 6.54 Å². The molecule has 0 amide bonds. The summed E-state index contributed by atoms with van der Waals surface area (Å²) >= 11 is 6.28. The lowest BCUT2D eigenvalue weighted by Crippen LogP contribution is -2.27. The van der Waals surface area contributed by atoms with Gasteiger partial charge in [0.1, 0.15) is 0 Å². The molecule has 3 rings (SSSR count). The molecule has 0 aliphatic carbocycles. The third-order valence-corrected chi connectivity index (χ3v) is 3.88. The van der Waals surface area contributed by atoms with Gasteiger partial charge in [0.25, 0.3) is 0 Å². The van der Waals surface area contributed by atoms with Crippen LogP contribution in [0.4, 0.5) is 5.69 Å². The highest BCUT2D eigenvalue weighted by atomic mass is 35.5. The summed E-state index contributed by atoms with van der Waals surface area (Å²) in [5.41, 5.74) is 9.60. The first-order chi connectivity index (χ1) is 8.81. The van der Waals surface area contributed by atoms with Crippen LogP contribution in [0.2, 0.25) is 5.02 Å². The van der Waals surface area contributed by atoms with E-state index in [2.05, 4.69) is 23.1 Å². The minimum absolute atomic E-state index is 0.223. The van der Waals surface area contributed by atoms with E-state index >= 15 is 0 Å². The van der Waals surface area contributed by atoms with E-state index in [0.717, 1.165) is 11.6 Å². The Balaban J connectivity index is 2.04. The predicted octanol–water partition coefficient (Wildman–Crippen LogP) is 3.36. The van der Waals surface area contributed by atoms with Crippen LogP contribution < -0.4 is 10.6 Å². The first-order valence-corrected chi connectivity index (χ1v) is 6.48. The zero-order valence-electron chi connectivity index (χ0n) is 10.0. The van der Waals surface area contributed by atoms with Crippen molar-refractivity contribution >= 4 is 17.3 Å². The number of halogens is 1. The highest BCUT2D eigenvalue weighted by Crippen LogP contribution is 2.39. The maximum Gasteiger partial charge on any atom is 0.0672 e. The van der Waals surface area contributed by atoms with Gasteiger partial charge in [-0.25, -0.2) is 0 Å². The van der Waals surface area contributed by atoms with E-state index in [1.807, 2.05) is 30.3 Å². The lowest BCUT2D eigenvalue weighted by atomic mass is 10.1. The van der Waals surface area contributed by atoms with Gasteiger partial charge in [0.05, 0.1) is 6.04 Å². The first-order valence-electron chi connectivity index (χ1n) is 6.10. The van der Waals surface area contributed by atoms with Gasteiger partial charge >= 0.3 is 0 Å². The standard InChI is InChI=1S/C15H15ClN2/c16-14-8-4-7-12-13(14)10-18(15(12)9-17)11-5-2-1-3-6-11/h1-8,15H,9-10,17H2. The predicted molar refractivity (Wildman–Crippen MR) is 75.9 cm³/mol. The molecule has 0 radical (unpaired) electrons. The van der Waals surface area contributed by atoms with Crippen LogP contribution in [0.15, 0.2) is 48.5 Å². The van der Waals surface area contributed by atoms with Crippen LogP contribution in [0.5, 0.6) is 0 Å². The quantitative estimate of drug-likeness (QED) is 0.895. The van der Waals surface area contributed by atoms with Gasteiger partial charge in [-0.15, -0.1) is 0 Å². The second-order valence-electron chi connectivity index (χ2n) is 4.52. The van der Waals surface area contributed by atoms with Gasteiger partial charge < -0.3 is 10.6 Å². The normalized spacial score (nSPS) is 17.9. The van der Waals surface area contributed by atoms with E-state index in [1.54, 1.807) is 0 Å². The van der Waals surface area contributed by atoms with Gasteiger partial charge in [0, 0.05) is 23.8 Å². The summed E-state index contributed by atoms with van der Waals surface area (Å²) in [4.78, 5) is 2.32. The van der Waals surface area contributed by atoms with Crippen LogP contribution in [0.1, 0.15) is 17.2 Å². The molecule has 2 N–H and O–H groups in total. The number of para-hydroxylation sites is 1. The van der Waals surface area contributed by atoms with E-state index in [1.165, 1.54) is 16.8 Å². The average molecular weight is 259 g/mol. The minimum atomic E-state index is 0.223. The molecule has 0 saturated heterocycles. The zero-order chi connectivity index (χ0) is 12.5. The molecular formula is C15H15ClN2. The molecule has 1 heterocycles. The number of nitrogens with zero attached hydrogens (tertiary/aromatic N) is 1. The van der Waals surface area contributed by atoms with Crippen molar-refractivity contribution in [2.75, 3.05) is 11.4 Å². The third kappa shape index (κ3) is 1.78. The van der Waals surface area contributed by atoms with Gasteiger partial charge in [0.2, 0.25) is 0 Å². The fourth-order valence-corrected chi connectivity index (χ4v) is 2.89. The van der Waals surface area contributed by atoms with E-state index in [0.29, 0.717) is 6.54 Å². The molecule has 1 aliphatic heterocycles. The smallest absolute Gasteiger partial charge is 0.0672 e. The number of anilines is 1. The Labute approximate surface area is 112 Å². The van der Waals surface area contributed by atoms with Crippen molar-refractivity contribution < 1.29 is 0 Å². The zero-order valence-corrected chi connectivity index (χ0v) is 10.8. The summed E-state index contributed by atoms with van der Waals surface area (Å²) in [5.74, 6) is 0. The minimum Gasteiger partial charge on any atom is -0.359 e. The molecule has 0 fully saturated rings. The molecule has 2 nitrogen and oxygen atoms in total. The topological polar surface area (TPSA) is 29.3 Å². The van der Waals surface area contributed by atoms with Crippen molar-refractivity contribution in [2.24, 2.45) is 5.73 Å². The second kappa shape index (κ2) is 4.63. The Hall–Kier alpha value is -1.51. The molecule has 0 aromatic heterocycles. The molecule has 2 aromatic carbocycles. The van der Waals surface area contributed by atoms with Crippen molar-refractivity contribution in [3.8, 4) is 0 Å². The number of hydrogen-bond donors (Lipinski definition) is 1. The SMILES string of the molecule is NCC1c2cccc(Cl)c2CN1c1ccccc1. The van der Waals surface area contributed by atoms with Gasteiger partial charge in [-0.2, -0.15) is 0 Å². The van der Waals surface area contributed by atoms with Crippen molar-refractivity contribution in [3.63, 3.8) is 0 Å². The summed E-state index contributed by atoms with van der Waals surface area (Å²) in [6.07, 6.45) is 0. The van der Waals surface area contributed by atoms with E-state index in [-0.39, 0.29) is 6.04 Å². The fourth-order valence-electron chi connectivity index (χ4n) is 2.65. The summed E-state index contributed by atoms with van der Waals surface area (Å²) in [7, 11) is 0. The summed E-state index contributed by atoms with van der Waals surface area (Å²) in [5, 5.41) is 0.837. The van der Waals surface area contributed by atoms with Gasteiger partial charge in [-0.05, 0) is 29.3 Å².